The van der Waals surface area contributed by atoms with E-state index in [2.05, 4.69) is 23.8 Å². The van der Waals surface area contributed by atoms with Crippen molar-refractivity contribution in [2.45, 2.75) is 32.2 Å². The topological polar surface area (TPSA) is 50.4 Å². The minimum Gasteiger partial charge on any atom is -0.379 e. The fourth-order valence-electron chi connectivity index (χ4n) is 2.17. The van der Waals surface area contributed by atoms with Gasteiger partial charge in [0.25, 0.3) is 0 Å². The Morgan fingerprint density at radius 1 is 1.33 bits per heavy atom. The van der Waals surface area contributed by atoms with Crippen LogP contribution in [0.2, 0.25) is 0 Å². The molecule has 1 heterocycles. The van der Waals surface area contributed by atoms with Gasteiger partial charge in [-0.15, -0.1) is 0 Å². The third-order valence-corrected chi connectivity index (χ3v) is 3.90. The van der Waals surface area contributed by atoms with Crippen LogP contribution in [0.4, 0.5) is 0 Å². The van der Waals surface area contributed by atoms with E-state index in [1.54, 1.807) is 0 Å². The molecular weight excluding hydrogens is 248 g/mol. The lowest BCUT2D eigenvalue weighted by molar-refractivity contribution is -0.125. The number of hydrogen-bond donors (Lipinski definition) is 2. The number of thioether (sulfide) groups is 1. The first-order chi connectivity index (χ1) is 8.79. The van der Waals surface area contributed by atoms with Gasteiger partial charge in [0.2, 0.25) is 5.91 Å². The van der Waals surface area contributed by atoms with E-state index >= 15 is 0 Å². The van der Waals surface area contributed by atoms with E-state index in [0.29, 0.717) is 13.2 Å². The van der Waals surface area contributed by atoms with Crippen molar-refractivity contribution in [2.24, 2.45) is 5.92 Å². The standard InChI is InChI=1S/C13H26N2O2S/c1-3-14-12-10-17-9-11(12)13(16)15-7-5-4-6-8-18-2/h11-12,14H,3-10H2,1-2H3,(H,15,16). The van der Waals surface area contributed by atoms with Crippen molar-refractivity contribution in [1.82, 2.24) is 10.6 Å². The molecule has 0 aliphatic carbocycles. The molecule has 0 radical (unpaired) electrons. The van der Waals surface area contributed by atoms with Crippen molar-refractivity contribution in [3.05, 3.63) is 0 Å². The maximum atomic E-state index is 12.0. The van der Waals surface area contributed by atoms with Crippen LogP contribution in [0, 0.1) is 5.92 Å². The molecule has 18 heavy (non-hydrogen) atoms. The maximum Gasteiger partial charge on any atom is 0.227 e. The Hall–Kier alpha value is -0.260. The number of hydrogen-bond acceptors (Lipinski definition) is 4. The van der Waals surface area contributed by atoms with Gasteiger partial charge in [0.1, 0.15) is 0 Å². The highest BCUT2D eigenvalue weighted by molar-refractivity contribution is 7.98. The van der Waals surface area contributed by atoms with Gasteiger partial charge in [-0.3, -0.25) is 4.79 Å². The van der Waals surface area contributed by atoms with Gasteiger partial charge in [0.15, 0.2) is 0 Å². The molecule has 1 rings (SSSR count). The average Bonchev–Trinajstić information content (AvgIpc) is 2.82. The number of carbonyl (C=O) groups is 1. The first kappa shape index (κ1) is 15.8. The van der Waals surface area contributed by atoms with Crippen LogP contribution in [0.5, 0.6) is 0 Å². The summed E-state index contributed by atoms with van der Waals surface area (Å²) in [4.78, 5) is 12.0. The molecule has 0 spiro atoms. The summed E-state index contributed by atoms with van der Waals surface area (Å²) in [6.07, 6.45) is 5.64. The number of rotatable bonds is 9. The lowest BCUT2D eigenvalue weighted by Crippen LogP contribution is -2.44. The Kier molecular flexibility index (Phi) is 8.46. The van der Waals surface area contributed by atoms with Crippen LogP contribution in [-0.4, -0.2) is 50.3 Å². The van der Waals surface area contributed by atoms with E-state index in [1.807, 2.05) is 11.8 Å². The van der Waals surface area contributed by atoms with Crippen molar-refractivity contribution in [1.29, 1.82) is 0 Å². The molecule has 0 aromatic rings. The number of nitrogens with one attached hydrogen (secondary N) is 2. The Balaban J connectivity index is 2.12. The molecule has 2 atom stereocenters. The minimum absolute atomic E-state index is 0.0175. The molecular formula is C13H26N2O2S. The smallest absolute Gasteiger partial charge is 0.227 e. The monoisotopic (exact) mass is 274 g/mol. The van der Waals surface area contributed by atoms with Crippen LogP contribution in [0.1, 0.15) is 26.2 Å². The predicted octanol–water partition coefficient (Wildman–Crippen LogP) is 1.26. The quantitative estimate of drug-likeness (QED) is 0.622. The van der Waals surface area contributed by atoms with Crippen LogP contribution >= 0.6 is 11.8 Å². The van der Waals surface area contributed by atoms with Gasteiger partial charge in [-0.05, 0) is 31.4 Å². The number of likely N-dealkylation sites (N-methyl/N-ethyl adjacent to an activating group) is 1. The first-order valence-electron chi connectivity index (χ1n) is 6.87. The molecule has 1 amide bonds. The second-order valence-electron chi connectivity index (χ2n) is 4.65. The number of unbranched alkanes of at least 4 members (excludes halogenated alkanes) is 2. The average molecular weight is 274 g/mol. The van der Waals surface area contributed by atoms with E-state index in [1.165, 1.54) is 18.6 Å². The van der Waals surface area contributed by atoms with Crippen LogP contribution in [0.25, 0.3) is 0 Å². The van der Waals surface area contributed by atoms with Gasteiger partial charge in [-0.25, -0.2) is 0 Å². The second kappa shape index (κ2) is 9.64. The number of ether oxygens (including phenoxy) is 1. The van der Waals surface area contributed by atoms with Crippen molar-refractivity contribution in [3.63, 3.8) is 0 Å². The fraction of sp³-hybridized carbons (Fsp3) is 0.923. The number of carbonyl (C=O) groups excluding carboxylic acids is 1. The van der Waals surface area contributed by atoms with E-state index in [0.717, 1.165) is 19.5 Å². The zero-order valence-electron chi connectivity index (χ0n) is 11.5. The summed E-state index contributed by atoms with van der Waals surface area (Å²) >= 11 is 1.88. The molecule has 0 saturated carbocycles. The Morgan fingerprint density at radius 3 is 2.89 bits per heavy atom. The summed E-state index contributed by atoms with van der Waals surface area (Å²) in [6.45, 7) is 4.93. The summed E-state index contributed by atoms with van der Waals surface area (Å²) < 4.78 is 5.38. The Morgan fingerprint density at radius 2 is 2.17 bits per heavy atom. The Labute approximate surface area is 115 Å². The lowest BCUT2D eigenvalue weighted by Gasteiger charge is -2.17. The van der Waals surface area contributed by atoms with Crippen LogP contribution in [0.15, 0.2) is 0 Å². The van der Waals surface area contributed by atoms with E-state index in [-0.39, 0.29) is 17.9 Å². The summed E-state index contributed by atoms with van der Waals surface area (Å²) in [5.41, 5.74) is 0. The summed E-state index contributed by atoms with van der Waals surface area (Å²) in [5.74, 6) is 1.34. The molecule has 5 heteroatoms. The summed E-state index contributed by atoms with van der Waals surface area (Å²) in [6, 6.07) is 0.187. The molecule has 0 bridgehead atoms. The maximum absolute atomic E-state index is 12.0. The van der Waals surface area contributed by atoms with Crippen molar-refractivity contribution >= 4 is 17.7 Å². The molecule has 2 unspecified atom stereocenters. The second-order valence-corrected chi connectivity index (χ2v) is 5.64. The highest BCUT2D eigenvalue weighted by Gasteiger charge is 2.32. The van der Waals surface area contributed by atoms with Gasteiger partial charge in [-0.2, -0.15) is 11.8 Å². The van der Waals surface area contributed by atoms with E-state index in [4.69, 9.17) is 4.74 Å². The summed E-state index contributed by atoms with van der Waals surface area (Å²) in [7, 11) is 0. The highest BCUT2D eigenvalue weighted by Crippen LogP contribution is 2.13. The molecule has 1 saturated heterocycles. The molecule has 0 aromatic heterocycles. The summed E-state index contributed by atoms with van der Waals surface area (Å²) in [5, 5.41) is 6.33. The molecule has 2 N–H and O–H groups in total. The zero-order chi connectivity index (χ0) is 13.2. The minimum atomic E-state index is -0.0175. The van der Waals surface area contributed by atoms with Gasteiger partial charge in [0.05, 0.1) is 19.1 Å². The molecule has 106 valence electrons. The van der Waals surface area contributed by atoms with Gasteiger partial charge in [-0.1, -0.05) is 13.3 Å². The fourth-order valence-corrected chi connectivity index (χ4v) is 2.66. The molecule has 1 aliphatic heterocycles. The van der Waals surface area contributed by atoms with Crippen LogP contribution in [-0.2, 0) is 9.53 Å². The lowest BCUT2D eigenvalue weighted by atomic mass is 10.0. The van der Waals surface area contributed by atoms with Crippen LogP contribution in [0.3, 0.4) is 0 Å². The van der Waals surface area contributed by atoms with Gasteiger partial charge in [0, 0.05) is 12.6 Å². The van der Waals surface area contributed by atoms with Crippen molar-refractivity contribution < 1.29 is 9.53 Å². The molecule has 4 nitrogen and oxygen atoms in total. The molecule has 0 aromatic carbocycles. The van der Waals surface area contributed by atoms with Crippen molar-refractivity contribution in [3.8, 4) is 0 Å². The SMILES string of the molecule is CCNC1COCC1C(=O)NCCCCCSC. The number of amides is 1. The van der Waals surface area contributed by atoms with E-state index in [9.17, 15) is 4.79 Å². The zero-order valence-corrected chi connectivity index (χ0v) is 12.4. The largest absolute Gasteiger partial charge is 0.379 e. The van der Waals surface area contributed by atoms with E-state index < -0.39 is 0 Å². The third-order valence-electron chi connectivity index (χ3n) is 3.21. The molecule has 1 aliphatic rings. The molecule has 1 fully saturated rings. The van der Waals surface area contributed by atoms with Gasteiger partial charge >= 0.3 is 0 Å². The van der Waals surface area contributed by atoms with Crippen molar-refractivity contribution in [2.75, 3.05) is 38.3 Å². The third kappa shape index (κ3) is 5.59. The van der Waals surface area contributed by atoms with Gasteiger partial charge < -0.3 is 15.4 Å². The first-order valence-corrected chi connectivity index (χ1v) is 8.26. The van der Waals surface area contributed by atoms with Crippen LogP contribution < -0.4 is 10.6 Å². The normalized spacial score (nSPS) is 23.2. The highest BCUT2D eigenvalue weighted by atomic mass is 32.2. The predicted molar refractivity (Wildman–Crippen MR) is 77.0 cm³/mol. The Bertz CT molecular complexity index is 239.